The molecule has 0 aliphatic carbocycles. The minimum Gasteiger partial charge on any atom is -0.218 e. The van der Waals surface area contributed by atoms with Gasteiger partial charge in [-0.25, -0.2) is 4.42 Å². The van der Waals surface area contributed by atoms with Crippen molar-refractivity contribution in [3.8, 4) is 11.1 Å². The molecule has 1 nitrogen and oxygen atoms in total. The van der Waals surface area contributed by atoms with E-state index in [9.17, 15) is 0 Å². The quantitative estimate of drug-likeness (QED) is 0.628. The summed E-state index contributed by atoms with van der Waals surface area (Å²) in [4.78, 5) is 0. The van der Waals surface area contributed by atoms with Crippen LogP contribution in [0.2, 0.25) is 0 Å². The summed E-state index contributed by atoms with van der Waals surface area (Å²) in [6.07, 6.45) is 0. The van der Waals surface area contributed by atoms with Gasteiger partial charge in [0.1, 0.15) is 0 Å². The molecule has 2 rings (SSSR count). The largest absolute Gasteiger partial charge is 0.327 e. The highest BCUT2D eigenvalue weighted by Gasteiger charge is 2.10. The molecule has 1 heteroatoms. The molecule has 0 spiro atoms. The maximum Gasteiger partial charge on any atom is 0.327 e. The fraction of sp³-hybridized carbons (Fsp3) is 0.214. The van der Waals surface area contributed by atoms with E-state index in [1.165, 1.54) is 16.7 Å². The number of aryl methyl sites for hydroxylation is 3. The SMILES string of the molecule is Cc1cc(-c2ccccc2C)cc(C)[o+]1. The van der Waals surface area contributed by atoms with Crippen molar-refractivity contribution in [2.45, 2.75) is 20.8 Å². The van der Waals surface area contributed by atoms with Gasteiger partial charge in [-0.2, -0.15) is 0 Å². The van der Waals surface area contributed by atoms with Gasteiger partial charge in [-0.05, 0) is 23.6 Å². The monoisotopic (exact) mass is 199 g/mol. The maximum atomic E-state index is 5.48. The van der Waals surface area contributed by atoms with Crippen molar-refractivity contribution in [2.75, 3.05) is 0 Å². The van der Waals surface area contributed by atoms with Gasteiger partial charge in [-0.3, -0.25) is 0 Å². The third-order valence-corrected chi connectivity index (χ3v) is 2.50. The van der Waals surface area contributed by atoms with Crippen LogP contribution in [0.15, 0.2) is 40.8 Å². The van der Waals surface area contributed by atoms with Crippen LogP contribution in [0.4, 0.5) is 0 Å². The van der Waals surface area contributed by atoms with Gasteiger partial charge in [0.15, 0.2) is 0 Å². The first-order chi connectivity index (χ1) is 7.16. The zero-order valence-electron chi connectivity index (χ0n) is 9.37. The lowest BCUT2D eigenvalue weighted by atomic mass is 10.0. The minimum absolute atomic E-state index is 0.952. The highest BCUT2D eigenvalue weighted by Crippen LogP contribution is 2.24. The van der Waals surface area contributed by atoms with Crippen molar-refractivity contribution in [1.82, 2.24) is 0 Å². The first-order valence-electron chi connectivity index (χ1n) is 5.14. The van der Waals surface area contributed by atoms with Gasteiger partial charge >= 0.3 is 11.5 Å². The molecule has 0 N–H and O–H groups in total. The van der Waals surface area contributed by atoms with E-state index in [4.69, 9.17) is 4.42 Å². The molecule has 0 amide bonds. The summed E-state index contributed by atoms with van der Waals surface area (Å²) < 4.78 is 5.48. The maximum absolute atomic E-state index is 5.48. The van der Waals surface area contributed by atoms with Gasteiger partial charge in [0.2, 0.25) is 0 Å². The first kappa shape index (κ1) is 9.91. The lowest BCUT2D eigenvalue weighted by Crippen LogP contribution is -1.85. The number of rotatable bonds is 1. The van der Waals surface area contributed by atoms with Crippen LogP contribution in [0.25, 0.3) is 11.1 Å². The van der Waals surface area contributed by atoms with Gasteiger partial charge in [0.05, 0.1) is 13.8 Å². The highest BCUT2D eigenvalue weighted by atomic mass is 16.3. The zero-order chi connectivity index (χ0) is 10.8. The Labute approximate surface area is 90.4 Å². The van der Waals surface area contributed by atoms with Crippen LogP contribution in [0, 0.1) is 20.8 Å². The fourth-order valence-electron chi connectivity index (χ4n) is 1.84. The molecule has 76 valence electrons. The summed E-state index contributed by atoms with van der Waals surface area (Å²) in [7, 11) is 0. The van der Waals surface area contributed by atoms with E-state index in [1.54, 1.807) is 0 Å². The molecule has 0 radical (unpaired) electrons. The van der Waals surface area contributed by atoms with Crippen LogP contribution < -0.4 is 0 Å². The van der Waals surface area contributed by atoms with Crippen molar-refractivity contribution >= 4 is 0 Å². The van der Waals surface area contributed by atoms with E-state index in [-0.39, 0.29) is 0 Å². The molecular weight excluding hydrogens is 184 g/mol. The van der Waals surface area contributed by atoms with E-state index in [0.29, 0.717) is 0 Å². The van der Waals surface area contributed by atoms with Crippen LogP contribution in [0.5, 0.6) is 0 Å². The Morgan fingerprint density at radius 2 is 1.47 bits per heavy atom. The molecule has 1 aromatic heterocycles. The molecule has 0 bridgehead atoms. The molecule has 15 heavy (non-hydrogen) atoms. The molecule has 0 unspecified atom stereocenters. The number of hydrogen-bond donors (Lipinski definition) is 0. The second kappa shape index (κ2) is 3.85. The Bertz CT molecular complexity index is 466. The molecule has 0 aliphatic rings. The van der Waals surface area contributed by atoms with Gasteiger partial charge in [-0.15, -0.1) is 0 Å². The Morgan fingerprint density at radius 1 is 0.867 bits per heavy atom. The summed E-state index contributed by atoms with van der Waals surface area (Å²) in [6.45, 7) is 6.09. The predicted octanol–water partition coefficient (Wildman–Crippen LogP) is 4.15. The second-order valence-corrected chi connectivity index (χ2v) is 3.88. The van der Waals surface area contributed by atoms with Crippen molar-refractivity contribution in [3.05, 3.63) is 53.5 Å². The molecule has 0 saturated heterocycles. The first-order valence-corrected chi connectivity index (χ1v) is 5.14. The van der Waals surface area contributed by atoms with E-state index in [2.05, 4.69) is 43.3 Å². The summed E-state index contributed by atoms with van der Waals surface area (Å²) >= 11 is 0. The summed E-state index contributed by atoms with van der Waals surface area (Å²) in [5, 5.41) is 0. The third kappa shape index (κ3) is 2.07. The summed E-state index contributed by atoms with van der Waals surface area (Å²) in [5.74, 6) is 1.90. The molecular formula is C14H15O+. The summed E-state index contributed by atoms with van der Waals surface area (Å²) in [6, 6.07) is 12.6. The molecule has 1 aromatic carbocycles. The van der Waals surface area contributed by atoms with E-state index >= 15 is 0 Å². The molecule has 2 aromatic rings. The smallest absolute Gasteiger partial charge is 0.218 e. The van der Waals surface area contributed by atoms with Gasteiger partial charge in [0.25, 0.3) is 0 Å². The van der Waals surface area contributed by atoms with Crippen LogP contribution in [0.3, 0.4) is 0 Å². The van der Waals surface area contributed by atoms with E-state index < -0.39 is 0 Å². The average molecular weight is 199 g/mol. The van der Waals surface area contributed by atoms with Gasteiger partial charge in [-0.1, -0.05) is 24.3 Å². The number of benzene rings is 1. The normalized spacial score (nSPS) is 10.3. The lowest BCUT2D eigenvalue weighted by Gasteiger charge is -2.03. The topological polar surface area (TPSA) is 11.3 Å². The Balaban J connectivity index is 2.59. The zero-order valence-corrected chi connectivity index (χ0v) is 9.37. The van der Waals surface area contributed by atoms with E-state index in [1.807, 2.05) is 13.8 Å². The molecule has 0 saturated carbocycles. The van der Waals surface area contributed by atoms with Crippen molar-refractivity contribution in [1.29, 1.82) is 0 Å². The van der Waals surface area contributed by atoms with Crippen molar-refractivity contribution in [3.63, 3.8) is 0 Å². The molecule has 0 fully saturated rings. The van der Waals surface area contributed by atoms with Gasteiger partial charge in [0, 0.05) is 12.1 Å². The van der Waals surface area contributed by atoms with Gasteiger partial charge < -0.3 is 0 Å². The molecule has 0 atom stereocenters. The molecule has 0 aliphatic heterocycles. The standard InChI is InChI=1S/C14H15O/c1-10-6-4-5-7-14(10)13-8-11(2)15-12(3)9-13/h4-9H,1-3H3/q+1. The average Bonchev–Trinajstić information content (AvgIpc) is 2.16. The fourth-order valence-corrected chi connectivity index (χ4v) is 1.84. The van der Waals surface area contributed by atoms with Crippen LogP contribution in [0.1, 0.15) is 17.1 Å². The van der Waals surface area contributed by atoms with Crippen LogP contribution in [-0.4, -0.2) is 0 Å². The van der Waals surface area contributed by atoms with Crippen LogP contribution in [-0.2, 0) is 0 Å². The highest BCUT2D eigenvalue weighted by molar-refractivity contribution is 5.67. The second-order valence-electron chi connectivity index (χ2n) is 3.88. The number of hydrogen-bond acceptors (Lipinski definition) is 0. The minimum atomic E-state index is 0.952. The third-order valence-electron chi connectivity index (χ3n) is 2.50. The van der Waals surface area contributed by atoms with E-state index in [0.717, 1.165) is 11.5 Å². The summed E-state index contributed by atoms with van der Waals surface area (Å²) in [5.41, 5.74) is 3.80. The lowest BCUT2D eigenvalue weighted by molar-refractivity contribution is 0.487. The van der Waals surface area contributed by atoms with Crippen molar-refractivity contribution < 1.29 is 4.42 Å². The Kier molecular flexibility index (Phi) is 2.55. The van der Waals surface area contributed by atoms with Crippen LogP contribution >= 0.6 is 0 Å². The van der Waals surface area contributed by atoms with Crippen molar-refractivity contribution in [2.24, 2.45) is 0 Å². The molecule has 1 heterocycles. The Morgan fingerprint density at radius 3 is 2.07 bits per heavy atom. The predicted molar refractivity (Wildman–Crippen MR) is 62.8 cm³/mol. The Hall–Kier alpha value is -1.63.